The van der Waals surface area contributed by atoms with Crippen LogP contribution in [0.5, 0.6) is 5.75 Å². The van der Waals surface area contributed by atoms with Crippen molar-refractivity contribution < 1.29 is 27.6 Å². The van der Waals surface area contributed by atoms with Crippen LogP contribution in [0.2, 0.25) is 0 Å². The first-order chi connectivity index (χ1) is 9.43. The summed E-state index contributed by atoms with van der Waals surface area (Å²) in [6.45, 7) is 4.29. The highest BCUT2D eigenvalue weighted by Gasteiger charge is 2.36. The quantitative estimate of drug-likeness (QED) is 0.629. The van der Waals surface area contributed by atoms with Crippen LogP contribution in [-0.2, 0) is 11.0 Å². The molecule has 8 heteroatoms. The number of halogens is 3. The van der Waals surface area contributed by atoms with Crippen molar-refractivity contribution in [1.29, 1.82) is 0 Å². The van der Waals surface area contributed by atoms with Crippen LogP contribution >= 0.6 is 0 Å². The number of rotatable bonds is 4. The van der Waals surface area contributed by atoms with Gasteiger partial charge in [-0.3, -0.25) is 14.9 Å². The highest BCUT2D eigenvalue weighted by Crippen LogP contribution is 2.38. The number of nitro benzene ring substituents is 1. The molecule has 0 aliphatic heterocycles. The fourth-order valence-corrected chi connectivity index (χ4v) is 1.34. The molecule has 0 amide bonds. The van der Waals surface area contributed by atoms with Crippen LogP contribution < -0.4 is 4.74 Å². The standard InChI is InChI=1S/C13H14F3NO4/c1-12(2,3)11(18)7-21-10-5-4-8(17(19)20)6-9(10)13(14,15)16/h4-6H,7H2,1-3H3. The highest BCUT2D eigenvalue weighted by atomic mass is 19.4. The van der Waals surface area contributed by atoms with Gasteiger partial charge >= 0.3 is 6.18 Å². The molecule has 1 aromatic carbocycles. The fraction of sp³-hybridized carbons (Fsp3) is 0.462. The number of carbonyl (C=O) groups excluding carboxylic acids is 1. The number of Topliss-reactive ketones (excluding diaryl/α,β-unsaturated/α-hetero) is 1. The molecule has 1 aromatic rings. The van der Waals surface area contributed by atoms with Crippen LogP contribution in [0.4, 0.5) is 18.9 Å². The summed E-state index contributed by atoms with van der Waals surface area (Å²) in [7, 11) is 0. The molecule has 116 valence electrons. The van der Waals surface area contributed by atoms with Crippen LogP contribution in [0.1, 0.15) is 26.3 Å². The Morgan fingerprint density at radius 3 is 2.29 bits per heavy atom. The van der Waals surface area contributed by atoms with Gasteiger partial charge in [0.15, 0.2) is 5.78 Å². The molecule has 0 fully saturated rings. The minimum absolute atomic E-state index is 0.381. The van der Waals surface area contributed by atoms with E-state index in [0.717, 1.165) is 12.1 Å². The third-order valence-corrected chi connectivity index (χ3v) is 2.67. The van der Waals surface area contributed by atoms with Crippen molar-refractivity contribution in [3.8, 4) is 5.75 Å². The van der Waals surface area contributed by atoms with Crippen molar-refractivity contribution in [1.82, 2.24) is 0 Å². The Labute approximate surface area is 118 Å². The molecular weight excluding hydrogens is 291 g/mol. The molecule has 5 nitrogen and oxygen atoms in total. The number of ether oxygens (including phenoxy) is 1. The normalized spacial score (nSPS) is 12.1. The predicted molar refractivity (Wildman–Crippen MR) is 68.1 cm³/mol. The molecule has 0 unspecified atom stereocenters. The first kappa shape index (κ1) is 16.9. The Balaban J connectivity index is 3.07. The maximum atomic E-state index is 12.9. The lowest BCUT2D eigenvalue weighted by atomic mass is 9.91. The number of non-ortho nitro benzene ring substituents is 1. The lowest BCUT2D eigenvalue weighted by molar-refractivity contribution is -0.385. The lowest BCUT2D eigenvalue weighted by Crippen LogP contribution is -2.26. The van der Waals surface area contributed by atoms with E-state index in [4.69, 9.17) is 4.74 Å². The molecule has 0 aromatic heterocycles. The van der Waals surface area contributed by atoms with Crippen molar-refractivity contribution in [2.24, 2.45) is 5.41 Å². The zero-order valence-electron chi connectivity index (χ0n) is 11.7. The maximum absolute atomic E-state index is 12.9. The van der Waals surface area contributed by atoms with Gasteiger partial charge in [-0.1, -0.05) is 20.8 Å². The maximum Gasteiger partial charge on any atom is 0.420 e. The Morgan fingerprint density at radius 1 is 1.29 bits per heavy atom. The van der Waals surface area contributed by atoms with Crippen molar-refractivity contribution >= 4 is 11.5 Å². The van der Waals surface area contributed by atoms with E-state index < -0.39 is 40.1 Å². The van der Waals surface area contributed by atoms with Gasteiger partial charge in [0, 0.05) is 17.5 Å². The summed E-state index contributed by atoms with van der Waals surface area (Å²) < 4.78 is 43.5. The fourth-order valence-electron chi connectivity index (χ4n) is 1.34. The molecule has 0 aliphatic carbocycles. The number of carbonyl (C=O) groups is 1. The van der Waals surface area contributed by atoms with Gasteiger partial charge in [0.05, 0.1) is 4.92 Å². The zero-order valence-corrected chi connectivity index (χ0v) is 11.7. The van der Waals surface area contributed by atoms with Gasteiger partial charge < -0.3 is 4.74 Å². The second kappa shape index (κ2) is 5.71. The number of nitrogens with zero attached hydrogens (tertiary/aromatic N) is 1. The van der Waals surface area contributed by atoms with Gasteiger partial charge in [0.1, 0.15) is 17.9 Å². The number of benzene rings is 1. The molecule has 0 saturated heterocycles. The van der Waals surface area contributed by atoms with E-state index in [9.17, 15) is 28.1 Å². The summed E-state index contributed by atoms with van der Waals surface area (Å²) in [4.78, 5) is 21.3. The second-order valence-electron chi connectivity index (χ2n) is 5.40. The van der Waals surface area contributed by atoms with Crippen molar-refractivity contribution in [2.45, 2.75) is 26.9 Å². The molecule has 0 saturated carbocycles. The Hall–Kier alpha value is -2.12. The molecule has 0 aliphatic rings. The molecule has 0 spiro atoms. The van der Waals surface area contributed by atoms with Gasteiger partial charge in [0.2, 0.25) is 0 Å². The molecular formula is C13H14F3NO4. The molecule has 0 N–H and O–H groups in total. The number of ketones is 1. The molecule has 1 rings (SSSR count). The zero-order chi connectivity index (χ0) is 16.4. The van der Waals surface area contributed by atoms with Crippen LogP contribution in [0.25, 0.3) is 0 Å². The van der Waals surface area contributed by atoms with E-state index in [1.54, 1.807) is 20.8 Å². The minimum atomic E-state index is -4.81. The largest absolute Gasteiger partial charge is 0.485 e. The van der Waals surface area contributed by atoms with Crippen LogP contribution in [0, 0.1) is 15.5 Å². The summed E-state index contributed by atoms with van der Waals surface area (Å²) in [5.41, 5.74) is -2.73. The van der Waals surface area contributed by atoms with Gasteiger partial charge in [-0.25, -0.2) is 0 Å². The number of nitro groups is 1. The smallest absolute Gasteiger partial charge is 0.420 e. The first-order valence-corrected chi connectivity index (χ1v) is 5.94. The summed E-state index contributed by atoms with van der Waals surface area (Å²) in [6, 6.07) is 2.12. The van der Waals surface area contributed by atoms with Gasteiger partial charge in [-0.15, -0.1) is 0 Å². The molecule has 0 radical (unpaired) electrons. The Kier molecular flexibility index (Phi) is 4.60. The monoisotopic (exact) mass is 305 g/mol. The lowest BCUT2D eigenvalue weighted by Gasteiger charge is -2.18. The number of hydrogen-bond acceptors (Lipinski definition) is 4. The Morgan fingerprint density at radius 2 is 1.86 bits per heavy atom. The Bertz CT molecular complexity index is 562. The van der Waals surface area contributed by atoms with E-state index in [1.165, 1.54) is 0 Å². The molecule has 21 heavy (non-hydrogen) atoms. The van der Waals surface area contributed by atoms with E-state index in [-0.39, 0.29) is 5.78 Å². The minimum Gasteiger partial charge on any atom is -0.485 e. The van der Waals surface area contributed by atoms with Gasteiger partial charge in [-0.05, 0) is 6.07 Å². The summed E-state index contributed by atoms with van der Waals surface area (Å²) in [5, 5.41) is 10.5. The molecule has 0 heterocycles. The van der Waals surface area contributed by atoms with Crippen molar-refractivity contribution in [2.75, 3.05) is 6.61 Å². The predicted octanol–water partition coefficient (Wildman–Crippen LogP) is 3.61. The van der Waals surface area contributed by atoms with E-state index in [1.807, 2.05) is 0 Å². The average molecular weight is 305 g/mol. The SMILES string of the molecule is CC(C)(C)C(=O)COc1ccc([N+](=O)[O-])cc1C(F)(F)F. The third-order valence-electron chi connectivity index (χ3n) is 2.67. The summed E-state index contributed by atoms with van der Waals surface area (Å²) in [5.74, 6) is -0.986. The van der Waals surface area contributed by atoms with Crippen LogP contribution in [0.3, 0.4) is 0 Å². The van der Waals surface area contributed by atoms with E-state index in [2.05, 4.69) is 0 Å². The third kappa shape index (κ3) is 4.44. The average Bonchev–Trinajstić information content (AvgIpc) is 2.33. The van der Waals surface area contributed by atoms with Crippen LogP contribution in [0.15, 0.2) is 18.2 Å². The number of hydrogen-bond donors (Lipinski definition) is 0. The topological polar surface area (TPSA) is 69.4 Å². The van der Waals surface area contributed by atoms with Gasteiger partial charge in [-0.2, -0.15) is 13.2 Å². The highest BCUT2D eigenvalue weighted by molar-refractivity contribution is 5.85. The van der Waals surface area contributed by atoms with E-state index in [0.29, 0.717) is 6.07 Å². The first-order valence-electron chi connectivity index (χ1n) is 5.94. The van der Waals surface area contributed by atoms with Crippen molar-refractivity contribution in [3.05, 3.63) is 33.9 Å². The van der Waals surface area contributed by atoms with Gasteiger partial charge in [0.25, 0.3) is 5.69 Å². The molecule has 0 atom stereocenters. The summed E-state index contributed by atoms with van der Waals surface area (Å²) in [6.07, 6.45) is -4.81. The summed E-state index contributed by atoms with van der Waals surface area (Å²) >= 11 is 0. The number of alkyl halides is 3. The van der Waals surface area contributed by atoms with Crippen molar-refractivity contribution in [3.63, 3.8) is 0 Å². The molecule has 0 bridgehead atoms. The second-order valence-corrected chi connectivity index (χ2v) is 5.40. The van der Waals surface area contributed by atoms with E-state index >= 15 is 0 Å². The van der Waals surface area contributed by atoms with Crippen LogP contribution in [-0.4, -0.2) is 17.3 Å².